The van der Waals surface area contributed by atoms with E-state index in [0.29, 0.717) is 0 Å². The predicted molar refractivity (Wildman–Crippen MR) is 53.9 cm³/mol. The summed E-state index contributed by atoms with van der Waals surface area (Å²) in [6.07, 6.45) is -2.29. The van der Waals surface area contributed by atoms with Crippen molar-refractivity contribution in [2.24, 2.45) is 0 Å². The molecule has 0 heterocycles. The molecular weight excluding hydrogens is 223 g/mol. The number of carbonyl (C=O) groups is 1. The van der Waals surface area contributed by atoms with E-state index in [-0.39, 0.29) is 19.7 Å². The largest absolute Gasteiger partial charge is 0.463 e. The van der Waals surface area contributed by atoms with Gasteiger partial charge in [-0.2, -0.15) is 13.2 Å². The van der Waals surface area contributed by atoms with E-state index in [2.05, 4.69) is 4.74 Å². The van der Waals surface area contributed by atoms with E-state index in [1.807, 2.05) is 0 Å². The molecule has 0 aliphatic heterocycles. The molecule has 0 radical (unpaired) electrons. The topological polar surface area (TPSA) is 29.5 Å². The van der Waals surface area contributed by atoms with Gasteiger partial charge in [0.15, 0.2) is 0 Å². The number of alkyl halides is 3. The molecule has 0 aliphatic rings. The number of likely N-dealkylation sites (N-methyl/N-ethyl adjacent to an activating group) is 1. The summed E-state index contributed by atoms with van der Waals surface area (Å²) in [6.45, 7) is 2.17. The number of nitrogens with zero attached hydrogens (tertiary/aromatic N) is 1. The molecule has 16 heavy (non-hydrogen) atoms. The van der Waals surface area contributed by atoms with Gasteiger partial charge in [-0.25, -0.2) is 4.79 Å². The van der Waals surface area contributed by atoms with E-state index >= 15 is 0 Å². The molecule has 94 valence electrons. The highest BCUT2D eigenvalue weighted by Gasteiger charge is 2.26. The summed E-state index contributed by atoms with van der Waals surface area (Å²) in [5.41, 5.74) is 0. The van der Waals surface area contributed by atoms with E-state index in [0.717, 1.165) is 0 Å². The monoisotopic (exact) mass is 239 g/mol. The Bertz CT molecular complexity index is 239. The van der Waals surface area contributed by atoms with Gasteiger partial charge in [-0.3, -0.25) is 0 Å². The van der Waals surface area contributed by atoms with Gasteiger partial charge in [0.2, 0.25) is 0 Å². The normalized spacial score (nSPS) is 12.4. The number of ether oxygens (including phenoxy) is 1. The molecule has 0 aromatic carbocycles. The van der Waals surface area contributed by atoms with Crippen molar-refractivity contribution in [2.45, 2.75) is 19.5 Å². The molecule has 0 saturated carbocycles. The summed E-state index contributed by atoms with van der Waals surface area (Å²) < 4.78 is 40.2. The molecule has 0 aromatic rings. The van der Waals surface area contributed by atoms with E-state index in [1.165, 1.54) is 17.1 Å². The lowest BCUT2D eigenvalue weighted by atomic mass is 10.3. The van der Waals surface area contributed by atoms with Gasteiger partial charge in [0.25, 0.3) is 0 Å². The minimum Gasteiger partial charge on any atom is -0.463 e. The fourth-order valence-electron chi connectivity index (χ4n) is 0.928. The van der Waals surface area contributed by atoms with E-state index in [9.17, 15) is 18.0 Å². The molecule has 0 amide bonds. The summed E-state index contributed by atoms with van der Waals surface area (Å²) >= 11 is 0. The maximum absolute atomic E-state index is 11.8. The van der Waals surface area contributed by atoms with Gasteiger partial charge in [0, 0.05) is 19.2 Å². The van der Waals surface area contributed by atoms with Gasteiger partial charge in [-0.05, 0) is 14.0 Å². The fourth-order valence-corrected chi connectivity index (χ4v) is 0.928. The van der Waals surface area contributed by atoms with Crippen LogP contribution in [0, 0.1) is 0 Å². The molecule has 0 spiro atoms. The average molecular weight is 239 g/mol. The van der Waals surface area contributed by atoms with Crippen molar-refractivity contribution >= 4 is 5.97 Å². The first-order chi connectivity index (χ1) is 7.35. The Balaban J connectivity index is 3.72. The molecule has 0 aromatic heterocycles. The number of esters is 1. The Hall–Kier alpha value is -1.04. The van der Waals surface area contributed by atoms with Crippen LogP contribution in [0.5, 0.6) is 0 Å². The number of halogens is 3. The van der Waals surface area contributed by atoms with Crippen molar-refractivity contribution in [3.8, 4) is 0 Å². The molecule has 0 atom stereocenters. The Morgan fingerprint density at radius 3 is 2.56 bits per heavy atom. The second kappa shape index (κ2) is 7.27. The van der Waals surface area contributed by atoms with Crippen LogP contribution in [-0.4, -0.2) is 43.8 Å². The number of hydrogen-bond donors (Lipinski definition) is 0. The lowest BCUT2D eigenvalue weighted by Crippen LogP contribution is -2.24. The van der Waals surface area contributed by atoms with Crippen LogP contribution in [0.25, 0.3) is 0 Å². The summed E-state index contributed by atoms with van der Waals surface area (Å²) in [6, 6.07) is 0. The minimum atomic E-state index is -4.14. The van der Waals surface area contributed by atoms with Crippen molar-refractivity contribution in [1.82, 2.24) is 4.90 Å². The molecule has 0 fully saturated rings. The first-order valence-electron chi connectivity index (χ1n) is 4.93. The second-order valence-electron chi connectivity index (χ2n) is 3.28. The first kappa shape index (κ1) is 15.0. The molecule has 0 saturated heterocycles. The third kappa shape index (κ3) is 9.51. The van der Waals surface area contributed by atoms with Gasteiger partial charge < -0.3 is 9.64 Å². The zero-order valence-electron chi connectivity index (χ0n) is 9.38. The van der Waals surface area contributed by atoms with E-state index in [4.69, 9.17) is 0 Å². The third-order valence-corrected chi connectivity index (χ3v) is 1.73. The van der Waals surface area contributed by atoms with Gasteiger partial charge in [-0.15, -0.1) is 0 Å². The maximum atomic E-state index is 11.8. The highest BCUT2D eigenvalue weighted by Crippen LogP contribution is 2.19. The highest BCUT2D eigenvalue weighted by atomic mass is 19.4. The molecular formula is C10H16F3NO2. The van der Waals surface area contributed by atoms with Crippen molar-refractivity contribution in [1.29, 1.82) is 0 Å². The predicted octanol–water partition coefficient (Wildman–Crippen LogP) is 1.99. The van der Waals surface area contributed by atoms with Gasteiger partial charge >= 0.3 is 12.1 Å². The third-order valence-electron chi connectivity index (χ3n) is 1.73. The van der Waals surface area contributed by atoms with Crippen LogP contribution in [0.1, 0.15) is 13.3 Å². The van der Waals surface area contributed by atoms with Gasteiger partial charge in [0.1, 0.15) is 0 Å². The molecule has 6 heteroatoms. The zero-order chi connectivity index (χ0) is 12.6. The van der Waals surface area contributed by atoms with E-state index < -0.39 is 18.6 Å². The van der Waals surface area contributed by atoms with Gasteiger partial charge in [-0.1, -0.05) is 6.08 Å². The SMILES string of the molecule is CCOC(=O)/C=C/CN(C)CCC(F)(F)F. The average Bonchev–Trinajstić information content (AvgIpc) is 2.14. The highest BCUT2D eigenvalue weighted by molar-refractivity contribution is 5.81. The summed E-state index contributed by atoms with van der Waals surface area (Å²) in [5, 5.41) is 0. The first-order valence-corrected chi connectivity index (χ1v) is 4.93. The fraction of sp³-hybridized carbons (Fsp3) is 0.700. The Labute approximate surface area is 92.9 Å². The molecule has 0 bridgehead atoms. The number of hydrogen-bond acceptors (Lipinski definition) is 3. The minimum absolute atomic E-state index is 0.0866. The maximum Gasteiger partial charge on any atom is 0.390 e. The van der Waals surface area contributed by atoms with Crippen LogP contribution in [0.3, 0.4) is 0 Å². The molecule has 3 nitrogen and oxygen atoms in total. The van der Waals surface area contributed by atoms with Crippen molar-refractivity contribution < 1.29 is 22.7 Å². The second-order valence-corrected chi connectivity index (χ2v) is 3.28. The van der Waals surface area contributed by atoms with E-state index in [1.54, 1.807) is 14.0 Å². The lowest BCUT2D eigenvalue weighted by molar-refractivity contribution is -0.138. The quantitative estimate of drug-likeness (QED) is 0.524. The van der Waals surface area contributed by atoms with Crippen LogP contribution in [0.2, 0.25) is 0 Å². The summed E-state index contributed by atoms with van der Waals surface area (Å²) in [5.74, 6) is -0.480. The van der Waals surface area contributed by atoms with Crippen LogP contribution < -0.4 is 0 Å². The summed E-state index contributed by atoms with van der Waals surface area (Å²) in [4.78, 5) is 12.3. The molecule has 0 unspecified atom stereocenters. The van der Waals surface area contributed by atoms with Crippen LogP contribution in [0.15, 0.2) is 12.2 Å². The molecule has 0 rings (SSSR count). The zero-order valence-corrected chi connectivity index (χ0v) is 9.38. The van der Waals surface area contributed by atoms with Crippen LogP contribution >= 0.6 is 0 Å². The van der Waals surface area contributed by atoms with Crippen LogP contribution in [0.4, 0.5) is 13.2 Å². The lowest BCUT2D eigenvalue weighted by Gasteiger charge is -2.15. The Morgan fingerprint density at radius 2 is 2.06 bits per heavy atom. The Morgan fingerprint density at radius 1 is 1.44 bits per heavy atom. The smallest absolute Gasteiger partial charge is 0.390 e. The number of rotatable bonds is 6. The van der Waals surface area contributed by atoms with Crippen molar-refractivity contribution in [3.05, 3.63) is 12.2 Å². The van der Waals surface area contributed by atoms with Crippen LogP contribution in [-0.2, 0) is 9.53 Å². The molecule has 0 N–H and O–H groups in total. The van der Waals surface area contributed by atoms with Crippen molar-refractivity contribution in [2.75, 3.05) is 26.7 Å². The Kier molecular flexibility index (Phi) is 6.80. The van der Waals surface area contributed by atoms with Gasteiger partial charge in [0.05, 0.1) is 13.0 Å². The molecule has 0 aliphatic carbocycles. The number of carbonyl (C=O) groups excluding carboxylic acids is 1. The summed E-state index contributed by atoms with van der Waals surface area (Å²) in [7, 11) is 1.56. The van der Waals surface area contributed by atoms with Crippen molar-refractivity contribution in [3.63, 3.8) is 0 Å². The standard InChI is InChI=1S/C10H16F3NO2/c1-3-16-9(15)5-4-7-14(2)8-6-10(11,12)13/h4-5H,3,6-8H2,1-2H3/b5-4+.